The van der Waals surface area contributed by atoms with Crippen LogP contribution in [0.2, 0.25) is 0 Å². The van der Waals surface area contributed by atoms with Gasteiger partial charge in [0.15, 0.2) is 0 Å². The van der Waals surface area contributed by atoms with Gasteiger partial charge in [-0.15, -0.1) is 0 Å². The molecule has 1 aromatic rings. The van der Waals surface area contributed by atoms with E-state index in [1.165, 1.54) is 12.7 Å². The summed E-state index contributed by atoms with van der Waals surface area (Å²) >= 11 is 3.44. The molecule has 0 saturated carbocycles. The first kappa shape index (κ1) is 14.0. The SMILES string of the molecule is CCc1cc(Br)ccc1NC(CC)C(=O)OC. The van der Waals surface area contributed by atoms with Crippen molar-refractivity contribution in [3.8, 4) is 0 Å². The summed E-state index contributed by atoms with van der Waals surface area (Å²) in [5, 5.41) is 3.23. The van der Waals surface area contributed by atoms with Crippen LogP contribution in [0.1, 0.15) is 25.8 Å². The molecule has 0 fully saturated rings. The fourth-order valence-corrected chi connectivity index (χ4v) is 2.06. The Labute approximate surface area is 111 Å². The van der Waals surface area contributed by atoms with E-state index in [1.807, 2.05) is 19.1 Å². The van der Waals surface area contributed by atoms with E-state index in [0.29, 0.717) is 6.42 Å². The van der Waals surface area contributed by atoms with Gasteiger partial charge in [-0.3, -0.25) is 0 Å². The van der Waals surface area contributed by atoms with E-state index in [0.717, 1.165) is 16.6 Å². The van der Waals surface area contributed by atoms with Crippen molar-refractivity contribution in [3.05, 3.63) is 28.2 Å². The molecule has 0 spiro atoms. The summed E-state index contributed by atoms with van der Waals surface area (Å²) < 4.78 is 5.81. The van der Waals surface area contributed by atoms with E-state index in [-0.39, 0.29) is 12.0 Å². The van der Waals surface area contributed by atoms with Gasteiger partial charge < -0.3 is 10.1 Å². The Bertz CT molecular complexity index is 393. The summed E-state index contributed by atoms with van der Waals surface area (Å²) in [5.41, 5.74) is 2.18. The number of carbonyl (C=O) groups is 1. The number of hydrogen-bond acceptors (Lipinski definition) is 3. The maximum absolute atomic E-state index is 11.5. The van der Waals surface area contributed by atoms with Crippen molar-refractivity contribution in [2.45, 2.75) is 32.7 Å². The van der Waals surface area contributed by atoms with Gasteiger partial charge in [-0.05, 0) is 36.6 Å². The highest BCUT2D eigenvalue weighted by molar-refractivity contribution is 9.10. The highest BCUT2D eigenvalue weighted by Crippen LogP contribution is 2.22. The van der Waals surface area contributed by atoms with Crippen LogP contribution in [-0.2, 0) is 16.0 Å². The first-order valence-corrected chi connectivity index (χ1v) is 6.54. The predicted octanol–water partition coefficient (Wildman–Crippen LogP) is 3.38. The zero-order chi connectivity index (χ0) is 12.8. The number of esters is 1. The van der Waals surface area contributed by atoms with Crippen molar-refractivity contribution in [3.63, 3.8) is 0 Å². The van der Waals surface area contributed by atoms with Gasteiger partial charge in [-0.2, -0.15) is 0 Å². The molecule has 17 heavy (non-hydrogen) atoms. The number of aryl methyl sites for hydroxylation is 1. The fraction of sp³-hybridized carbons (Fsp3) is 0.462. The Hall–Kier alpha value is -1.03. The molecule has 4 heteroatoms. The van der Waals surface area contributed by atoms with Gasteiger partial charge >= 0.3 is 5.97 Å². The summed E-state index contributed by atoms with van der Waals surface area (Å²) in [6.45, 7) is 4.05. The maximum atomic E-state index is 11.5. The van der Waals surface area contributed by atoms with Crippen molar-refractivity contribution < 1.29 is 9.53 Å². The van der Waals surface area contributed by atoms with Gasteiger partial charge in [-0.25, -0.2) is 4.79 Å². The predicted molar refractivity (Wildman–Crippen MR) is 73.2 cm³/mol. The van der Waals surface area contributed by atoms with Crippen LogP contribution in [0.3, 0.4) is 0 Å². The molecule has 0 amide bonds. The lowest BCUT2D eigenvalue weighted by atomic mass is 10.1. The molecule has 0 aliphatic carbocycles. The molecule has 3 nitrogen and oxygen atoms in total. The molecular weight excluding hydrogens is 282 g/mol. The Morgan fingerprint density at radius 3 is 2.71 bits per heavy atom. The normalized spacial score (nSPS) is 12.0. The number of methoxy groups -OCH3 is 1. The lowest BCUT2D eigenvalue weighted by Gasteiger charge is -2.18. The van der Waals surface area contributed by atoms with Gasteiger partial charge in [-0.1, -0.05) is 29.8 Å². The molecule has 0 aliphatic rings. The van der Waals surface area contributed by atoms with Crippen LogP contribution in [0.4, 0.5) is 5.69 Å². The Morgan fingerprint density at radius 1 is 1.47 bits per heavy atom. The number of halogens is 1. The zero-order valence-electron chi connectivity index (χ0n) is 10.4. The first-order valence-electron chi connectivity index (χ1n) is 5.75. The third kappa shape index (κ3) is 3.73. The largest absolute Gasteiger partial charge is 0.467 e. The van der Waals surface area contributed by atoms with Gasteiger partial charge in [0, 0.05) is 10.2 Å². The Morgan fingerprint density at radius 2 is 2.18 bits per heavy atom. The van der Waals surface area contributed by atoms with Crippen LogP contribution in [0.5, 0.6) is 0 Å². The average molecular weight is 300 g/mol. The van der Waals surface area contributed by atoms with Crippen LogP contribution in [0.25, 0.3) is 0 Å². The smallest absolute Gasteiger partial charge is 0.328 e. The number of ether oxygens (including phenoxy) is 1. The third-order valence-electron chi connectivity index (χ3n) is 2.67. The van der Waals surface area contributed by atoms with Crippen molar-refractivity contribution in [2.24, 2.45) is 0 Å². The minimum absolute atomic E-state index is 0.225. The minimum atomic E-state index is -0.286. The quantitative estimate of drug-likeness (QED) is 0.847. The topological polar surface area (TPSA) is 38.3 Å². The molecule has 1 N–H and O–H groups in total. The van der Waals surface area contributed by atoms with Crippen molar-refractivity contribution >= 4 is 27.6 Å². The van der Waals surface area contributed by atoms with E-state index in [2.05, 4.69) is 34.2 Å². The summed E-state index contributed by atoms with van der Waals surface area (Å²) in [5.74, 6) is -0.225. The van der Waals surface area contributed by atoms with Crippen LogP contribution < -0.4 is 5.32 Å². The summed E-state index contributed by atoms with van der Waals surface area (Å²) in [6.07, 6.45) is 1.62. The molecule has 94 valence electrons. The molecule has 0 radical (unpaired) electrons. The number of nitrogens with one attached hydrogen (secondary N) is 1. The van der Waals surface area contributed by atoms with E-state index in [1.54, 1.807) is 0 Å². The minimum Gasteiger partial charge on any atom is -0.467 e. The molecule has 1 unspecified atom stereocenters. The lowest BCUT2D eigenvalue weighted by molar-refractivity contribution is -0.141. The molecule has 0 bridgehead atoms. The molecule has 0 saturated heterocycles. The Kier molecular flexibility index (Phi) is 5.48. The number of carbonyl (C=O) groups excluding carboxylic acids is 1. The molecule has 0 aromatic heterocycles. The van der Waals surface area contributed by atoms with Gasteiger partial charge in [0.05, 0.1) is 7.11 Å². The lowest BCUT2D eigenvalue weighted by Crippen LogP contribution is -2.30. The summed E-state index contributed by atoms with van der Waals surface area (Å²) in [4.78, 5) is 11.5. The number of hydrogen-bond donors (Lipinski definition) is 1. The maximum Gasteiger partial charge on any atom is 0.328 e. The van der Waals surface area contributed by atoms with Crippen molar-refractivity contribution in [2.75, 3.05) is 12.4 Å². The highest BCUT2D eigenvalue weighted by Gasteiger charge is 2.17. The monoisotopic (exact) mass is 299 g/mol. The molecular formula is C13H18BrNO2. The van der Waals surface area contributed by atoms with Crippen LogP contribution >= 0.6 is 15.9 Å². The number of anilines is 1. The molecule has 1 atom stereocenters. The van der Waals surface area contributed by atoms with Crippen LogP contribution in [0.15, 0.2) is 22.7 Å². The van der Waals surface area contributed by atoms with E-state index >= 15 is 0 Å². The molecule has 0 aliphatic heterocycles. The standard InChI is InChI=1S/C13H18BrNO2/c1-4-9-8-10(14)6-7-12(9)15-11(5-2)13(16)17-3/h6-8,11,15H,4-5H2,1-3H3. The summed E-state index contributed by atoms with van der Waals surface area (Å²) in [6, 6.07) is 5.72. The second-order valence-corrected chi connectivity index (χ2v) is 4.70. The highest BCUT2D eigenvalue weighted by atomic mass is 79.9. The van der Waals surface area contributed by atoms with Crippen molar-refractivity contribution in [1.29, 1.82) is 0 Å². The molecule has 1 rings (SSSR count). The number of rotatable bonds is 5. The number of benzene rings is 1. The average Bonchev–Trinajstić information content (AvgIpc) is 2.36. The second-order valence-electron chi connectivity index (χ2n) is 3.78. The van der Waals surface area contributed by atoms with Gasteiger partial charge in [0.25, 0.3) is 0 Å². The summed E-state index contributed by atoms with van der Waals surface area (Å²) in [7, 11) is 1.41. The second kappa shape index (κ2) is 6.64. The first-order chi connectivity index (χ1) is 8.12. The Balaban J connectivity index is 2.89. The van der Waals surface area contributed by atoms with E-state index in [4.69, 9.17) is 4.74 Å². The van der Waals surface area contributed by atoms with Gasteiger partial charge in [0.1, 0.15) is 6.04 Å². The fourth-order valence-electron chi connectivity index (χ4n) is 1.65. The third-order valence-corrected chi connectivity index (χ3v) is 3.17. The molecule has 0 heterocycles. The zero-order valence-corrected chi connectivity index (χ0v) is 12.0. The van der Waals surface area contributed by atoms with Crippen LogP contribution in [0, 0.1) is 0 Å². The van der Waals surface area contributed by atoms with Crippen molar-refractivity contribution in [1.82, 2.24) is 0 Å². The van der Waals surface area contributed by atoms with Gasteiger partial charge in [0.2, 0.25) is 0 Å². The van der Waals surface area contributed by atoms with E-state index in [9.17, 15) is 4.79 Å². The molecule has 1 aromatic carbocycles. The van der Waals surface area contributed by atoms with Crippen LogP contribution in [-0.4, -0.2) is 19.1 Å². The van der Waals surface area contributed by atoms with E-state index < -0.39 is 0 Å².